The van der Waals surface area contributed by atoms with E-state index < -0.39 is 17.6 Å². The SMILES string of the molecule is CCOc1cc(/C=N/NC(=O)C(=O)Nc2cc(C)cc(C)c2)cc(Br)c1OCc1c(F)cccc1Cl. The Morgan fingerprint density at radius 3 is 2.47 bits per heavy atom. The Kier molecular flexibility index (Phi) is 9.44. The van der Waals surface area contributed by atoms with Crippen molar-refractivity contribution < 1.29 is 23.5 Å². The molecule has 0 atom stereocenters. The van der Waals surface area contributed by atoms with Crippen LogP contribution in [-0.2, 0) is 16.2 Å². The molecule has 0 aliphatic heterocycles. The minimum atomic E-state index is -0.920. The molecule has 188 valence electrons. The third kappa shape index (κ3) is 7.29. The number of rotatable bonds is 8. The van der Waals surface area contributed by atoms with Crippen LogP contribution in [0.15, 0.2) is 58.1 Å². The average Bonchev–Trinajstić information content (AvgIpc) is 2.79. The van der Waals surface area contributed by atoms with Crippen LogP contribution in [-0.4, -0.2) is 24.6 Å². The van der Waals surface area contributed by atoms with E-state index in [1.54, 1.807) is 37.3 Å². The molecule has 2 N–H and O–H groups in total. The average molecular weight is 577 g/mol. The largest absolute Gasteiger partial charge is 0.490 e. The van der Waals surface area contributed by atoms with Crippen molar-refractivity contribution in [1.29, 1.82) is 0 Å². The number of benzene rings is 3. The maximum atomic E-state index is 14.1. The van der Waals surface area contributed by atoms with Crippen LogP contribution in [0.4, 0.5) is 10.1 Å². The zero-order chi connectivity index (χ0) is 26.2. The van der Waals surface area contributed by atoms with E-state index in [0.29, 0.717) is 33.8 Å². The van der Waals surface area contributed by atoms with Gasteiger partial charge in [0.05, 0.1) is 22.3 Å². The second-order valence-corrected chi connectivity index (χ2v) is 9.04. The Morgan fingerprint density at radius 2 is 1.81 bits per heavy atom. The number of hydrogen-bond acceptors (Lipinski definition) is 5. The summed E-state index contributed by atoms with van der Waals surface area (Å²) in [6, 6.07) is 13.2. The second-order valence-electron chi connectivity index (χ2n) is 7.78. The van der Waals surface area contributed by atoms with Crippen LogP contribution in [0.2, 0.25) is 5.02 Å². The topological polar surface area (TPSA) is 89.0 Å². The highest BCUT2D eigenvalue weighted by Gasteiger charge is 2.16. The van der Waals surface area contributed by atoms with Crippen LogP contribution >= 0.6 is 27.5 Å². The molecule has 0 saturated carbocycles. The smallest absolute Gasteiger partial charge is 0.329 e. The normalized spacial score (nSPS) is 10.8. The molecule has 0 unspecified atom stereocenters. The van der Waals surface area contributed by atoms with E-state index in [4.69, 9.17) is 21.1 Å². The highest BCUT2D eigenvalue weighted by molar-refractivity contribution is 9.10. The van der Waals surface area contributed by atoms with Crippen LogP contribution in [0.3, 0.4) is 0 Å². The fraction of sp³-hybridized carbons (Fsp3) is 0.192. The Labute approximate surface area is 221 Å². The van der Waals surface area contributed by atoms with E-state index in [1.165, 1.54) is 18.3 Å². The van der Waals surface area contributed by atoms with Gasteiger partial charge in [-0.05, 0) is 89.8 Å². The van der Waals surface area contributed by atoms with Crippen molar-refractivity contribution in [3.05, 3.63) is 86.1 Å². The summed E-state index contributed by atoms with van der Waals surface area (Å²) in [6.07, 6.45) is 1.35. The van der Waals surface area contributed by atoms with E-state index in [-0.39, 0.29) is 17.2 Å². The van der Waals surface area contributed by atoms with Crippen molar-refractivity contribution in [3.8, 4) is 11.5 Å². The van der Waals surface area contributed by atoms with Crippen LogP contribution in [0.5, 0.6) is 11.5 Å². The molecule has 0 aromatic heterocycles. The molecule has 0 bridgehead atoms. The summed E-state index contributed by atoms with van der Waals surface area (Å²) in [5.74, 6) is -1.51. The first-order valence-electron chi connectivity index (χ1n) is 10.9. The summed E-state index contributed by atoms with van der Waals surface area (Å²) < 4.78 is 26.1. The van der Waals surface area contributed by atoms with E-state index in [0.717, 1.165) is 11.1 Å². The molecule has 10 heteroatoms. The number of aryl methyl sites for hydroxylation is 2. The lowest BCUT2D eigenvalue weighted by molar-refractivity contribution is -0.136. The summed E-state index contributed by atoms with van der Waals surface area (Å²) in [6.45, 7) is 5.84. The van der Waals surface area contributed by atoms with Gasteiger partial charge in [0.2, 0.25) is 0 Å². The zero-order valence-corrected chi connectivity index (χ0v) is 22.2. The summed E-state index contributed by atoms with van der Waals surface area (Å²) in [5, 5.41) is 6.66. The fourth-order valence-electron chi connectivity index (χ4n) is 3.33. The number of carbonyl (C=O) groups excluding carboxylic acids is 2. The van der Waals surface area contributed by atoms with Crippen LogP contribution in [0.1, 0.15) is 29.2 Å². The summed E-state index contributed by atoms with van der Waals surface area (Å²) in [4.78, 5) is 24.3. The van der Waals surface area contributed by atoms with Gasteiger partial charge in [0, 0.05) is 11.3 Å². The van der Waals surface area contributed by atoms with Crippen LogP contribution < -0.4 is 20.2 Å². The summed E-state index contributed by atoms with van der Waals surface area (Å²) >= 11 is 9.51. The van der Waals surface area contributed by atoms with E-state index in [2.05, 4.69) is 31.8 Å². The Balaban J connectivity index is 1.68. The van der Waals surface area contributed by atoms with Crippen molar-refractivity contribution in [2.75, 3.05) is 11.9 Å². The molecule has 0 aliphatic carbocycles. The molecule has 3 aromatic rings. The number of halogens is 3. The van der Waals surface area contributed by atoms with Gasteiger partial charge < -0.3 is 14.8 Å². The van der Waals surface area contributed by atoms with Gasteiger partial charge in [-0.3, -0.25) is 9.59 Å². The molecule has 0 aliphatic rings. The molecule has 3 rings (SSSR count). The Hall–Kier alpha value is -3.43. The lowest BCUT2D eigenvalue weighted by atomic mass is 10.1. The zero-order valence-electron chi connectivity index (χ0n) is 19.8. The number of ether oxygens (including phenoxy) is 2. The minimum Gasteiger partial charge on any atom is -0.490 e. The van der Waals surface area contributed by atoms with Gasteiger partial charge in [-0.15, -0.1) is 0 Å². The number of amides is 2. The Bertz CT molecular complexity index is 1280. The molecule has 0 heterocycles. The third-order valence-corrected chi connectivity index (χ3v) is 5.76. The lowest BCUT2D eigenvalue weighted by Crippen LogP contribution is -2.32. The van der Waals surface area contributed by atoms with Crippen molar-refractivity contribution in [1.82, 2.24) is 5.43 Å². The van der Waals surface area contributed by atoms with Gasteiger partial charge in [-0.2, -0.15) is 5.10 Å². The van der Waals surface area contributed by atoms with Gasteiger partial charge in [0.15, 0.2) is 11.5 Å². The number of hydrogen-bond donors (Lipinski definition) is 2. The predicted molar refractivity (Wildman–Crippen MR) is 141 cm³/mol. The van der Waals surface area contributed by atoms with Gasteiger partial charge >= 0.3 is 11.8 Å². The number of nitrogens with zero attached hydrogens (tertiary/aromatic N) is 1. The number of hydrazone groups is 1. The number of nitrogens with one attached hydrogen (secondary N) is 2. The van der Waals surface area contributed by atoms with Crippen molar-refractivity contribution in [2.24, 2.45) is 5.10 Å². The summed E-state index contributed by atoms with van der Waals surface area (Å²) in [5.41, 5.74) is 5.42. The van der Waals surface area contributed by atoms with Crippen molar-refractivity contribution in [3.63, 3.8) is 0 Å². The fourth-order valence-corrected chi connectivity index (χ4v) is 4.12. The molecule has 36 heavy (non-hydrogen) atoms. The number of anilines is 1. The highest BCUT2D eigenvalue weighted by atomic mass is 79.9. The second kappa shape index (κ2) is 12.5. The van der Waals surface area contributed by atoms with Gasteiger partial charge in [0.1, 0.15) is 12.4 Å². The maximum absolute atomic E-state index is 14.1. The van der Waals surface area contributed by atoms with Crippen LogP contribution in [0.25, 0.3) is 0 Å². The lowest BCUT2D eigenvalue weighted by Gasteiger charge is -2.15. The number of carbonyl (C=O) groups is 2. The standard InChI is InChI=1S/C26H24BrClFN3O4/c1-4-35-23-12-17(11-20(27)24(23)36-14-19-21(28)6-5-7-22(19)29)13-30-32-26(34)25(33)31-18-9-15(2)8-16(3)10-18/h5-13H,4,14H2,1-3H3,(H,31,33)(H,32,34)/b30-13+. The monoisotopic (exact) mass is 575 g/mol. The van der Waals surface area contributed by atoms with Crippen molar-refractivity contribution >= 4 is 51.2 Å². The first-order chi connectivity index (χ1) is 17.2. The molecule has 0 radical (unpaired) electrons. The van der Waals surface area contributed by atoms with Gasteiger partial charge in [-0.1, -0.05) is 23.7 Å². The first-order valence-corrected chi connectivity index (χ1v) is 12.1. The molecule has 3 aromatic carbocycles. The minimum absolute atomic E-state index is 0.108. The third-order valence-electron chi connectivity index (χ3n) is 4.82. The van der Waals surface area contributed by atoms with Gasteiger partial charge in [-0.25, -0.2) is 9.82 Å². The Morgan fingerprint density at radius 1 is 1.08 bits per heavy atom. The quantitative estimate of drug-likeness (QED) is 0.198. The van der Waals surface area contributed by atoms with Gasteiger partial charge in [0.25, 0.3) is 0 Å². The highest BCUT2D eigenvalue weighted by Crippen LogP contribution is 2.37. The molecule has 0 fully saturated rings. The molecule has 7 nitrogen and oxygen atoms in total. The predicted octanol–water partition coefficient (Wildman–Crippen LogP) is 5.92. The molecule has 0 spiro atoms. The molecule has 2 amide bonds. The summed E-state index contributed by atoms with van der Waals surface area (Å²) in [7, 11) is 0. The van der Waals surface area contributed by atoms with E-state index >= 15 is 0 Å². The molecular weight excluding hydrogens is 553 g/mol. The first kappa shape index (κ1) is 27.2. The van der Waals surface area contributed by atoms with Crippen LogP contribution in [0, 0.1) is 19.7 Å². The van der Waals surface area contributed by atoms with E-state index in [9.17, 15) is 14.0 Å². The molecular formula is C26H24BrClFN3O4. The van der Waals surface area contributed by atoms with Crippen molar-refractivity contribution in [2.45, 2.75) is 27.4 Å². The maximum Gasteiger partial charge on any atom is 0.329 e. The molecule has 0 saturated heterocycles. The van der Waals surface area contributed by atoms with E-state index in [1.807, 2.05) is 19.9 Å².